The molecule has 0 aliphatic carbocycles. The third kappa shape index (κ3) is 3.84. The second-order valence-corrected chi connectivity index (χ2v) is 5.22. The largest absolute Gasteiger partial charge is 0.496 e. The van der Waals surface area contributed by atoms with E-state index in [0.717, 1.165) is 12.0 Å². The normalized spacial score (nSPS) is 10.7. The van der Waals surface area contributed by atoms with Crippen LogP contribution in [0.4, 0.5) is 0 Å². The second kappa shape index (κ2) is 6.92. The molecule has 1 aromatic heterocycles. The van der Waals surface area contributed by atoms with Crippen molar-refractivity contribution in [3.8, 4) is 17.1 Å². The lowest BCUT2D eigenvalue weighted by Gasteiger charge is -2.05. The summed E-state index contributed by atoms with van der Waals surface area (Å²) in [5.74, 6) is 1.52. The van der Waals surface area contributed by atoms with Gasteiger partial charge in [0.25, 0.3) is 5.91 Å². The first kappa shape index (κ1) is 15.1. The van der Waals surface area contributed by atoms with Crippen molar-refractivity contribution >= 4 is 5.91 Å². The number of benzene rings is 1. The number of rotatable bonds is 6. The van der Waals surface area contributed by atoms with Crippen molar-refractivity contribution in [1.29, 1.82) is 0 Å². The van der Waals surface area contributed by atoms with E-state index in [1.54, 1.807) is 13.2 Å². The zero-order valence-electron chi connectivity index (χ0n) is 12.6. The van der Waals surface area contributed by atoms with Crippen LogP contribution in [-0.4, -0.2) is 24.7 Å². The minimum absolute atomic E-state index is 0.222. The third-order valence-electron chi connectivity index (χ3n) is 3.12. The highest BCUT2D eigenvalue weighted by Gasteiger charge is 2.15. The quantitative estimate of drug-likeness (QED) is 0.887. The highest BCUT2D eigenvalue weighted by Crippen LogP contribution is 2.29. The van der Waals surface area contributed by atoms with Gasteiger partial charge in [-0.15, -0.1) is 0 Å². The Morgan fingerprint density at radius 3 is 2.86 bits per heavy atom. The molecule has 2 rings (SSSR count). The first-order chi connectivity index (χ1) is 10.1. The van der Waals surface area contributed by atoms with E-state index in [4.69, 9.17) is 9.26 Å². The predicted octanol–water partition coefficient (Wildman–Crippen LogP) is 3.13. The number of hydrogen-bond acceptors (Lipinski definition) is 4. The van der Waals surface area contributed by atoms with Gasteiger partial charge in [0, 0.05) is 12.6 Å². The monoisotopic (exact) mass is 288 g/mol. The minimum atomic E-state index is -0.222. The summed E-state index contributed by atoms with van der Waals surface area (Å²) < 4.78 is 10.5. The van der Waals surface area contributed by atoms with Crippen LogP contribution < -0.4 is 10.1 Å². The molecule has 2 aromatic rings. The highest BCUT2D eigenvalue weighted by atomic mass is 16.5. The van der Waals surface area contributed by atoms with E-state index >= 15 is 0 Å². The van der Waals surface area contributed by atoms with Gasteiger partial charge in [0.15, 0.2) is 11.5 Å². The molecule has 1 heterocycles. The molecule has 0 saturated carbocycles. The number of carbonyl (C=O) groups is 1. The Kier molecular flexibility index (Phi) is 4.98. The van der Waals surface area contributed by atoms with Crippen LogP contribution in [0.1, 0.15) is 30.8 Å². The van der Waals surface area contributed by atoms with Crippen LogP contribution in [0, 0.1) is 5.92 Å². The van der Waals surface area contributed by atoms with E-state index in [0.29, 0.717) is 24.0 Å². The number of carbonyl (C=O) groups excluding carboxylic acids is 1. The van der Waals surface area contributed by atoms with Gasteiger partial charge in [-0.2, -0.15) is 0 Å². The van der Waals surface area contributed by atoms with Gasteiger partial charge in [0.1, 0.15) is 5.75 Å². The van der Waals surface area contributed by atoms with E-state index < -0.39 is 0 Å². The molecule has 0 bridgehead atoms. The summed E-state index contributed by atoms with van der Waals surface area (Å²) in [6.45, 7) is 4.86. The van der Waals surface area contributed by atoms with Gasteiger partial charge >= 0.3 is 0 Å². The Hall–Kier alpha value is -2.30. The third-order valence-corrected chi connectivity index (χ3v) is 3.12. The molecule has 0 radical (unpaired) electrons. The zero-order valence-corrected chi connectivity index (χ0v) is 12.6. The van der Waals surface area contributed by atoms with E-state index in [1.165, 1.54) is 0 Å². The van der Waals surface area contributed by atoms with Gasteiger partial charge < -0.3 is 14.6 Å². The van der Waals surface area contributed by atoms with Crippen LogP contribution in [0.2, 0.25) is 0 Å². The van der Waals surface area contributed by atoms with Crippen molar-refractivity contribution in [3.63, 3.8) is 0 Å². The number of ether oxygens (including phenoxy) is 1. The van der Waals surface area contributed by atoms with Crippen molar-refractivity contribution in [3.05, 3.63) is 36.0 Å². The van der Waals surface area contributed by atoms with Gasteiger partial charge in [0.05, 0.1) is 12.7 Å². The Morgan fingerprint density at radius 2 is 2.14 bits per heavy atom. The molecule has 0 unspecified atom stereocenters. The molecule has 112 valence electrons. The molecule has 0 saturated heterocycles. The van der Waals surface area contributed by atoms with E-state index in [9.17, 15) is 4.79 Å². The lowest BCUT2D eigenvalue weighted by atomic mass is 10.1. The highest BCUT2D eigenvalue weighted by molar-refractivity contribution is 5.93. The van der Waals surface area contributed by atoms with E-state index in [-0.39, 0.29) is 11.6 Å². The van der Waals surface area contributed by atoms with Crippen LogP contribution in [0.15, 0.2) is 34.9 Å². The van der Waals surface area contributed by atoms with Crippen molar-refractivity contribution in [2.24, 2.45) is 5.92 Å². The molecule has 21 heavy (non-hydrogen) atoms. The molecule has 1 N–H and O–H groups in total. The lowest BCUT2D eigenvalue weighted by molar-refractivity contribution is 0.0943. The number of para-hydroxylation sites is 1. The number of aromatic nitrogens is 1. The maximum Gasteiger partial charge on any atom is 0.273 e. The molecule has 0 aliphatic heterocycles. The van der Waals surface area contributed by atoms with Crippen LogP contribution in [0.25, 0.3) is 11.3 Å². The van der Waals surface area contributed by atoms with Crippen molar-refractivity contribution in [2.45, 2.75) is 20.3 Å². The maximum atomic E-state index is 12.0. The molecular formula is C16H20N2O3. The topological polar surface area (TPSA) is 64.4 Å². The summed E-state index contributed by atoms with van der Waals surface area (Å²) in [5.41, 5.74) is 1.05. The van der Waals surface area contributed by atoms with Crippen LogP contribution in [0.3, 0.4) is 0 Å². The van der Waals surface area contributed by atoms with Gasteiger partial charge in [-0.25, -0.2) is 0 Å². The molecule has 0 atom stereocenters. The molecule has 0 fully saturated rings. The fraction of sp³-hybridized carbons (Fsp3) is 0.375. The summed E-state index contributed by atoms with van der Waals surface area (Å²) in [7, 11) is 1.59. The summed E-state index contributed by atoms with van der Waals surface area (Å²) in [4.78, 5) is 12.0. The summed E-state index contributed by atoms with van der Waals surface area (Å²) in [5, 5.41) is 6.65. The number of methoxy groups -OCH3 is 1. The molecule has 5 nitrogen and oxygen atoms in total. The SMILES string of the molecule is COc1ccccc1-c1cc(C(=O)NCCC(C)C)no1. The Morgan fingerprint density at radius 1 is 1.38 bits per heavy atom. The smallest absolute Gasteiger partial charge is 0.273 e. The van der Waals surface area contributed by atoms with Gasteiger partial charge in [-0.05, 0) is 24.5 Å². The van der Waals surface area contributed by atoms with Gasteiger partial charge in [0.2, 0.25) is 0 Å². The van der Waals surface area contributed by atoms with E-state index in [2.05, 4.69) is 24.3 Å². The molecule has 1 aromatic carbocycles. The van der Waals surface area contributed by atoms with Crippen LogP contribution in [0.5, 0.6) is 5.75 Å². The standard InChI is InChI=1S/C16H20N2O3/c1-11(2)8-9-17-16(19)13-10-15(21-18-13)12-6-4-5-7-14(12)20-3/h4-7,10-11H,8-9H2,1-3H3,(H,17,19). The first-order valence-electron chi connectivity index (χ1n) is 7.00. The predicted molar refractivity (Wildman–Crippen MR) is 80.3 cm³/mol. The first-order valence-corrected chi connectivity index (χ1v) is 7.00. The van der Waals surface area contributed by atoms with Crippen LogP contribution in [-0.2, 0) is 0 Å². The fourth-order valence-electron chi connectivity index (χ4n) is 1.92. The molecule has 5 heteroatoms. The molecule has 0 aliphatic rings. The summed E-state index contributed by atoms with van der Waals surface area (Å²) in [6, 6.07) is 9.07. The molecule has 0 spiro atoms. The maximum absolute atomic E-state index is 12.0. The van der Waals surface area contributed by atoms with Gasteiger partial charge in [-0.1, -0.05) is 31.1 Å². The van der Waals surface area contributed by atoms with E-state index in [1.807, 2.05) is 24.3 Å². The number of hydrogen-bond donors (Lipinski definition) is 1. The van der Waals surface area contributed by atoms with Crippen molar-refractivity contribution < 1.29 is 14.1 Å². The number of nitrogens with zero attached hydrogens (tertiary/aromatic N) is 1. The molecular weight excluding hydrogens is 268 g/mol. The average Bonchev–Trinajstić information content (AvgIpc) is 2.96. The second-order valence-electron chi connectivity index (χ2n) is 5.22. The zero-order chi connectivity index (χ0) is 15.2. The Labute approximate surface area is 124 Å². The van der Waals surface area contributed by atoms with Crippen molar-refractivity contribution in [2.75, 3.05) is 13.7 Å². The Balaban J connectivity index is 2.09. The van der Waals surface area contributed by atoms with Crippen molar-refractivity contribution in [1.82, 2.24) is 10.5 Å². The average molecular weight is 288 g/mol. The molecule has 1 amide bonds. The fourth-order valence-corrected chi connectivity index (χ4v) is 1.92. The summed E-state index contributed by atoms with van der Waals surface area (Å²) >= 11 is 0. The Bertz CT molecular complexity index is 605. The number of nitrogens with one attached hydrogen (secondary N) is 1. The minimum Gasteiger partial charge on any atom is -0.496 e. The summed E-state index contributed by atoms with van der Waals surface area (Å²) in [6.07, 6.45) is 0.933. The van der Waals surface area contributed by atoms with Gasteiger partial charge in [-0.3, -0.25) is 4.79 Å². The van der Waals surface area contributed by atoms with Crippen LogP contribution >= 0.6 is 0 Å². The lowest BCUT2D eigenvalue weighted by Crippen LogP contribution is -2.25. The number of amides is 1.